The normalized spacial score (nSPS) is 14.2. The summed E-state index contributed by atoms with van der Waals surface area (Å²) >= 11 is 9.61. The third-order valence-corrected chi connectivity index (χ3v) is 6.10. The zero-order valence-corrected chi connectivity index (χ0v) is 18.6. The highest BCUT2D eigenvalue weighted by Gasteiger charge is 2.30. The molecular weight excluding hydrogens is 470 g/mol. The molecule has 2 amide bonds. The summed E-state index contributed by atoms with van der Waals surface area (Å²) in [6.07, 6.45) is 1.57. The SMILES string of the molecule is Cc1ccc(C(=O)N2CCN(C(=O)C(=O)c3c[nH]c4ccc(Br)cc34)CC2)c(Cl)c1. The highest BCUT2D eigenvalue weighted by Crippen LogP contribution is 2.24. The molecule has 0 saturated carbocycles. The Morgan fingerprint density at radius 1 is 0.967 bits per heavy atom. The van der Waals surface area contributed by atoms with Crippen LogP contribution in [0.5, 0.6) is 0 Å². The number of carbonyl (C=O) groups excluding carboxylic acids is 3. The van der Waals surface area contributed by atoms with Gasteiger partial charge in [0.25, 0.3) is 17.6 Å². The molecule has 1 aliphatic rings. The molecule has 154 valence electrons. The van der Waals surface area contributed by atoms with Gasteiger partial charge in [0.15, 0.2) is 0 Å². The summed E-state index contributed by atoms with van der Waals surface area (Å²) in [6.45, 7) is 3.20. The summed E-state index contributed by atoms with van der Waals surface area (Å²) in [5.41, 5.74) is 2.57. The number of hydrogen-bond acceptors (Lipinski definition) is 3. The van der Waals surface area contributed by atoms with Crippen LogP contribution in [0.3, 0.4) is 0 Å². The molecule has 1 saturated heterocycles. The van der Waals surface area contributed by atoms with Crippen molar-refractivity contribution in [1.82, 2.24) is 14.8 Å². The minimum atomic E-state index is -0.559. The number of halogens is 2. The van der Waals surface area contributed by atoms with Crippen molar-refractivity contribution < 1.29 is 14.4 Å². The number of amides is 2. The van der Waals surface area contributed by atoms with Crippen LogP contribution >= 0.6 is 27.5 Å². The number of fused-ring (bicyclic) bond motifs is 1. The Hall–Kier alpha value is -2.64. The average molecular weight is 489 g/mol. The van der Waals surface area contributed by atoms with E-state index >= 15 is 0 Å². The largest absolute Gasteiger partial charge is 0.360 e. The summed E-state index contributed by atoms with van der Waals surface area (Å²) in [6, 6.07) is 10.8. The van der Waals surface area contributed by atoms with E-state index in [9.17, 15) is 14.4 Å². The molecule has 6 nitrogen and oxygen atoms in total. The standard InChI is InChI=1S/C22H19BrClN3O3/c1-13-2-4-15(18(24)10-13)21(29)26-6-8-27(9-7-26)22(30)20(28)17-12-25-19-5-3-14(23)11-16(17)19/h2-5,10-12,25H,6-9H2,1H3. The number of carbonyl (C=O) groups is 3. The summed E-state index contributed by atoms with van der Waals surface area (Å²) < 4.78 is 0.831. The molecule has 0 aliphatic carbocycles. The summed E-state index contributed by atoms with van der Waals surface area (Å²) in [5.74, 6) is -1.28. The van der Waals surface area contributed by atoms with E-state index in [-0.39, 0.29) is 5.91 Å². The van der Waals surface area contributed by atoms with Crippen LogP contribution in [0, 0.1) is 6.92 Å². The molecule has 1 N–H and O–H groups in total. The van der Waals surface area contributed by atoms with Crippen LogP contribution in [0.25, 0.3) is 10.9 Å². The maximum Gasteiger partial charge on any atom is 0.295 e. The Kier molecular flexibility index (Phi) is 5.66. The molecular formula is C22H19BrClN3O3. The lowest BCUT2D eigenvalue weighted by Gasteiger charge is -2.34. The number of benzene rings is 2. The molecule has 0 radical (unpaired) electrons. The Balaban J connectivity index is 1.44. The van der Waals surface area contributed by atoms with E-state index in [1.165, 1.54) is 4.90 Å². The van der Waals surface area contributed by atoms with Crippen molar-refractivity contribution >= 4 is 56.0 Å². The number of aromatic amines is 1. The molecule has 0 atom stereocenters. The lowest BCUT2D eigenvalue weighted by molar-refractivity contribution is -0.127. The van der Waals surface area contributed by atoms with Crippen LogP contribution in [0.2, 0.25) is 5.02 Å². The number of rotatable bonds is 3. The van der Waals surface area contributed by atoms with Gasteiger partial charge in [-0.2, -0.15) is 0 Å². The van der Waals surface area contributed by atoms with Gasteiger partial charge in [-0.1, -0.05) is 33.6 Å². The molecule has 30 heavy (non-hydrogen) atoms. The van der Waals surface area contributed by atoms with Gasteiger partial charge in [0.05, 0.1) is 16.1 Å². The predicted molar refractivity (Wildman–Crippen MR) is 119 cm³/mol. The van der Waals surface area contributed by atoms with Crippen LogP contribution in [-0.4, -0.2) is 58.6 Å². The van der Waals surface area contributed by atoms with Crippen LogP contribution in [-0.2, 0) is 4.79 Å². The molecule has 4 rings (SSSR count). The number of piperazine rings is 1. The van der Waals surface area contributed by atoms with E-state index in [0.717, 1.165) is 15.6 Å². The first-order valence-electron chi connectivity index (χ1n) is 9.51. The molecule has 1 aliphatic heterocycles. The molecule has 2 aromatic carbocycles. The second-order valence-corrected chi connectivity index (χ2v) is 8.61. The van der Waals surface area contributed by atoms with Crippen molar-refractivity contribution in [2.75, 3.05) is 26.2 Å². The zero-order chi connectivity index (χ0) is 21.4. The average Bonchev–Trinajstić information content (AvgIpc) is 3.15. The Labute approximate surface area is 186 Å². The number of aromatic nitrogens is 1. The van der Waals surface area contributed by atoms with Crippen molar-refractivity contribution in [1.29, 1.82) is 0 Å². The van der Waals surface area contributed by atoms with Crippen LogP contribution in [0.4, 0.5) is 0 Å². The maximum atomic E-state index is 12.8. The molecule has 1 fully saturated rings. The molecule has 8 heteroatoms. The van der Waals surface area contributed by atoms with Gasteiger partial charge in [0.2, 0.25) is 0 Å². The van der Waals surface area contributed by atoms with Gasteiger partial charge >= 0.3 is 0 Å². The van der Waals surface area contributed by atoms with E-state index < -0.39 is 11.7 Å². The summed E-state index contributed by atoms with van der Waals surface area (Å²) in [7, 11) is 0. The first kappa shape index (κ1) is 20.6. The predicted octanol–water partition coefficient (Wildman–Crippen LogP) is 4.06. The first-order chi connectivity index (χ1) is 14.3. The molecule has 0 spiro atoms. The number of Topliss-reactive ketones (excluding diaryl/α,β-unsaturated/α-hetero) is 1. The van der Waals surface area contributed by atoms with Crippen molar-refractivity contribution in [3.8, 4) is 0 Å². The van der Waals surface area contributed by atoms with E-state index in [4.69, 9.17) is 11.6 Å². The van der Waals surface area contributed by atoms with E-state index in [1.54, 1.807) is 23.2 Å². The number of nitrogens with one attached hydrogen (secondary N) is 1. The van der Waals surface area contributed by atoms with Gasteiger partial charge in [0.1, 0.15) is 0 Å². The lowest BCUT2D eigenvalue weighted by atomic mass is 10.1. The Bertz CT molecular complexity index is 1170. The second-order valence-electron chi connectivity index (χ2n) is 7.29. The quantitative estimate of drug-likeness (QED) is 0.446. The van der Waals surface area contributed by atoms with Crippen molar-refractivity contribution in [3.05, 3.63) is 68.8 Å². The van der Waals surface area contributed by atoms with E-state index in [0.29, 0.717) is 47.7 Å². The number of nitrogens with zero attached hydrogens (tertiary/aromatic N) is 2. The van der Waals surface area contributed by atoms with Gasteiger partial charge < -0.3 is 14.8 Å². The Morgan fingerprint density at radius 3 is 2.37 bits per heavy atom. The third kappa shape index (κ3) is 3.87. The molecule has 2 heterocycles. The lowest BCUT2D eigenvalue weighted by Crippen LogP contribution is -2.52. The van der Waals surface area contributed by atoms with Gasteiger partial charge in [-0.15, -0.1) is 0 Å². The van der Waals surface area contributed by atoms with Gasteiger partial charge in [-0.25, -0.2) is 0 Å². The van der Waals surface area contributed by atoms with Gasteiger partial charge in [0, 0.05) is 47.8 Å². The summed E-state index contributed by atoms with van der Waals surface area (Å²) in [5, 5.41) is 1.12. The third-order valence-electron chi connectivity index (χ3n) is 5.29. The maximum absolute atomic E-state index is 12.8. The number of ketones is 1. The van der Waals surface area contributed by atoms with Gasteiger partial charge in [-0.3, -0.25) is 14.4 Å². The van der Waals surface area contributed by atoms with Crippen LogP contribution < -0.4 is 0 Å². The van der Waals surface area contributed by atoms with Crippen molar-refractivity contribution in [3.63, 3.8) is 0 Å². The fourth-order valence-corrected chi connectivity index (χ4v) is 4.29. The van der Waals surface area contributed by atoms with E-state index in [1.807, 2.05) is 31.2 Å². The summed E-state index contributed by atoms with van der Waals surface area (Å²) in [4.78, 5) is 44.6. The molecule has 0 bridgehead atoms. The molecule has 0 unspecified atom stereocenters. The highest BCUT2D eigenvalue weighted by atomic mass is 79.9. The topological polar surface area (TPSA) is 73.5 Å². The smallest absolute Gasteiger partial charge is 0.295 e. The monoisotopic (exact) mass is 487 g/mol. The number of H-pyrrole nitrogens is 1. The van der Waals surface area contributed by atoms with Crippen LogP contribution in [0.1, 0.15) is 26.3 Å². The van der Waals surface area contributed by atoms with Gasteiger partial charge in [-0.05, 0) is 42.8 Å². The second kappa shape index (κ2) is 8.24. The first-order valence-corrected chi connectivity index (χ1v) is 10.7. The molecule has 3 aromatic rings. The van der Waals surface area contributed by atoms with Crippen molar-refractivity contribution in [2.24, 2.45) is 0 Å². The number of hydrogen-bond donors (Lipinski definition) is 1. The fourth-order valence-electron chi connectivity index (χ4n) is 3.62. The minimum absolute atomic E-state index is 0.167. The van der Waals surface area contributed by atoms with Crippen LogP contribution in [0.15, 0.2) is 47.1 Å². The molecule has 1 aromatic heterocycles. The van der Waals surface area contributed by atoms with Crippen molar-refractivity contribution in [2.45, 2.75) is 6.92 Å². The fraction of sp³-hybridized carbons (Fsp3) is 0.227. The Morgan fingerprint density at radius 2 is 1.67 bits per heavy atom. The van der Waals surface area contributed by atoms with E-state index in [2.05, 4.69) is 20.9 Å². The minimum Gasteiger partial charge on any atom is -0.360 e. The zero-order valence-electron chi connectivity index (χ0n) is 16.2. The highest BCUT2D eigenvalue weighted by molar-refractivity contribution is 9.10. The number of aryl methyl sites for hydroxylation is 1.